The predicted octanol–water partition coefficient (Wildman–Crippen LogP) is 4.49. The van der Waals surface area contributed by atoms with Crippen molar-refractivity contribution in [3.63, 3.8) is 0 Å². The van der Waals surface area contributed by atoms with Crippen LogP contribution in [0.2, 0.25) is 0 Å². The lowest BCUT2D eigenvalue weighted by Gasteiger charge is -2.09. The van der Waals surface area contributed by atoms with Gasteiger partial charge in [-0.2, -0.15) is 0 Å². The van der Waals surface area contributed by atoms with Crippen molar-refractivity contribution in [1.29, 1.82) is 0 Å². The van der Waals surface area contributed by atoms with Gasteiger partial charge in [-0.3, -0.25) is 4.79 Å². The number of carbonyl (C=O) groups is 1. The molecule has 0 fully saturated rings. The van der Waals surface area contributed by atoms with Crippen molar-refractivity contribution < 1.29 is 17.6 Å². The molecule has 7 heteroatoms. The summed E-state index contributed by atoms with van der Waals surface area (Å²) < 4.78 is 38.9. The van der Waals surface area contributed by atoms with E-state index in [-0.39, 0.29) is 28.9 Å². The van der Waals surface area contributed by atoms with E-state index in [0.29, 0.717) is 21.2 Å². The molecule has 3 rings (SSSR count). The molecule has 0 aliphatic heterocycles. The highest BCUT2D eigenvalue weighted by Gasteiger charge is 2.15. The van der Waals surface area contributed by atoms with Crippen molar-refractivity contribution in [2.75, 3.05) is 0 Å². The molecular weight excluding hydrogens is 445 g/mol. The second-order valence-electron chi connectivity index (χ2n) is 6.19. The summed E-state index contributed by atoms with van der Waals surface area (Å²) in [5.74, 6) is -0.847. The Kier molecular flexibility index (Phi) is 6.26. The van der Waals surface area contributed by atoms with Crippen molar-refractivity contribution in [2.24, 2.45) is 0 Å². The molecular formula is C21H17BrFNO3S. The number of halogens is 2. The van der Waals surface area contributed by atoms with Crippen molar-refractivity contribution in [2.45, 2.75) is 17.2 Å². The lowest BCUT2D eigenvalue weighted by Crippen LogP contribution is -2.23. The third kappa shape index (κ3) is 5.05. The first kappa shape index (κ1) is 20.2. The van der Waals surface area contributed by atoms with Gasteiger partial charge in [0, 0.05) is 16.6 Å². The molecule has 0 spiro atoms. The van der Waals surface area contributed by atoms with E-state index in [2.05, 4.69) is 21.2 Å². The monoisotopic (exact) mass is 461 g/mol. The second kappa shape index (κ2) is 8.67. The lowest BCUT2D eigenvalue weighted by molar-refractivity contribution is 0.0950. The maximum Gasteiger partial charge on any atom is 0.251 e. The Labute approximate surface area is 171 Å². The number of rotatable bonds is 6. The molecule has 0 saturated carbocycles. The minimum absolute atomic E-state index is 0.144. The predicted molar refractivity (Wildman–Crippen MR) is 109 cm³/mol. The van der Waals surface area contributed by atoms with Crippen LogP contribution >= 0.6 is 15.9 Å². The third-order valence-corrected chi connectivity index (χ3v) is 6.60. The van der Waals surface area contributed by atoms with E-state index >= 15 is 0 Å². The topological polar surface area (TPSA) is 63.2 Å². The third-order valence-electron chi connectivity index (χ3n) is 4.12. The Bertz CT molecular complexity index is 1080. The Balaban J connectivity index is 1.65. The molecule has 0 heterocycles. The maximum absolute atomic E-state index is 13.3. The summed E-state index contributed by atoms with van der Waals surface area (Å²) in [7, 11) is -3.44. The van der Waals surface area contributed by atoms with Gasteiger partial charge < -0.3 is 5.32 Å². The Morgan fingerprint density at radius 2 is 1.64 bits per heavy atom. The highest BCUT2D eigenvalue weighted by Crippen LogP contribution is 2.19. The van der Waals surface area contributed by atoms with Crippen molar-refractivity contribution in [3.05, 3.63) is 99.8 Å². The fraction of sp³-hybridized carbons (Fsp3) is 0.0952. The van der Waals surface area contributed by atoms with E-state index in [9.17, 15) is 17.6 Å². The first-order valence-electron chi connectivity index (χ1n) is 8.44. The minimum atomic E-state index is -3.44. The van der Waals surface area contributed by atoms with Crippen molar-refractivity contribution in [1.82, 2.24) is 5.32 Å². The van der Waals surface area contributed by atoms with Crippen LogP contribution in [0.25, 0.3) is 0 Å². The molecule has 3 aromatic carbocycles. The molecule has 0 aliphatic carbocycles. The van der Waals surface area contributed by atoms with Gasteiger partial charge in [0.25, 0.3) is 5.91 Å². The van der Waals surface area contributed by atoms with Gasteiger partial charge in [-0.1, -0.05) is 46.3 Å². The SMILES string of the molecule is O=C(NCc1cc(F)ccc1Br)c1ccc(CS(=O)(=O)c2ccccc2)cc1. The van der Waals surface area contributed by atoms with E-state index in [1.54, 1.807) is 60.7 Å². The Hall–Kier alpha value is -2.51. The minimum Gasteiger partial charge on any atom is -0.348 e. The molecule has 0 bridgehead atoms. The van der Waals surface area contributed by atoms with Crippen LogP contribution in [0.15, 0.2) is 82.2 Å². The summed E-state index contributed by atoms with van der Waals surface area (Å²) in [5.41, 5.74) is 1.61. The molecule has 1 N–H and O–H groups in total. The first-order chi connectivity index (χ1) is 13.3. The molecule has 144 valence electrons. The van der Waals surface area contributed by atoms with Crippen LogP contribution in [0.4, 0.5) is 4.39 Å². The number of hydrogen-bond acceptors (Lipinski definition) is 3. The van der Waals surface area contributed by atoms with Gasteiger partial charge in [-0.25, -0.2) is 12.8 Å². The normalized spacial score (nSPS) is 11.2. The quantitative estimate of drug-likeness (QED) is 0.587. The molecule has 1 amide bonds. The number of sulfone groups is 1. The van der Waals surface area contributed by atoms with Crippen molar-refractivity contribution >= 4 is 31.7 Å². The largest absolute Gasteiger partial charge is 0.348 e. The zero-order chi connectivity index (χ0) is 20.1. The molecule has 0 radical (unpaired) electrons. The highest BCUT2D eigenvalue weighted by atomic mass is 79.9. The van der Waals surface area contributed by atoms with Crippen LogP contribution in [-0.2, 0) is 22.1 Å². The summed E-state index contributed by atoms with van der Waals surface area (Å²) in [6.45, 7) is 0.168. The average molecular weight is 462 g/mol. The van der Waals surface area contributed by atoms with Crippen molar-refractivity contribution in [3.8, 4) is 0 Å². The molecule has 28 heavy (non-hydrogen) atoms. The molecule has 0 atom stereocenters. The molecule has 0 aliphatic rings. The molecule has 3 aromatic rings. The number of nitrogens with one attached hydrogen (secondary N) is 1. The van der Waals surface area contributed by atoms with Crippen LogP contribution in [0.5, 0.6) is 0 Å². The summed E-state index contributed by atoms with van der Waals surface area (Å²) in [6, 6.07) is 18.9. The van der Waals surface area contributed by atoms with Gasteiger partial charge in [-0.15, -0.1) is 0 Å². The van der Waals surface area contributed by atoms with Crippen LogP contribution in [-0.4, -0.2) is 14.3 Å². The standard InChI is InChI=1S/C21H17BrFNO3S/c22-20-11-10-18(23)12-17(20)13-24-21(25)16-8-6-15(7-9-16)14-28(26,27)19-4-2-1-3-5-19/h1-12H,13-14H2,(H,24,25). The Morgan fingerprint density at radius 3 is 2.32 bits per heavy atom. The van der Waals surface area contributed by atoms with E-state index in [1.165, 1.54) is 12.1 Å². The number of benzene rings is 3. The lowest BCUT2D eigenvalue weighted by atomic mass is 10.1. The fourth-order valence-electron chi connectivity index (χ4n) is 2.64. The highest BCUT2D eigenvalue weighted by molar-refractivity contribution is 9.10. The summed E-state index contributed by atoms with van der Waals surface area (Å²) in [5, 5.41) is 2.72. The maximum atomic E-state index is 13.3. The van der Waals surface area contributed by atoms with Crippen LogP contribution < -0.4 is 5.32 Å². The van der Waals surface area contributed by atoms with Crippen LogP contribution in [0.1, 0.15) is 21.5 Å². The zero-order valence-corrected chi connectivity index (χ0v) is 17.1. The molecule has 4 nitrogen and oxygen atoms in total. The van der Waals surface area contributed by atoms with E-state index in [0.717, 1.165) is 0 Å². The summed E-state index contributed by atoms with van der Waals surface area (Å²) in [4.78, 5) is 12.6. The van der Waals surface area contributed by atoms with Gasteiger partial charge in [0.2, 0.25) is 0 Å². The second-order valence-corrected chi connectivity index (χ2v) is 9.03. The van der Waals surface area contributed by atoms with Gasteiger partial charge in [0.15, 0.2) is 9.84 Å². The number of hydrogen-bond donors (Lipinski definition) is 1. The van der Waals surface area contributed by atoms with Gasteiger partial charge in [0.1, 0.15) is 5.82 Å². The smallest absolute Gasteiger partial charge is 0.251 e. The zero-order valence-electron chi connectivity index (χ0n) is 14.7. The van der Waals surface area contributed by atoms with E-state index in [4.69, 9.17) is 0 Å². The van der Waals surface area contributed by atoms with Gasteiger partial charge in [0.05, 0.1) is 10.6 Å². The van der Waals surface area contributed by atoms with E-state index in [1.807, 2.05) is 0 Å². The number of carbonyl (C=O) groups excluding carboxylic acids is 1. The van der Waals surface area contributed by atoms with Gasteiger partial charge >= 0.3 is 0 Å². The number of amides is 1. The molecule has 0 aromatic heterocycles. The first-order valence-corrected chi connectivity index (χ1v) is 10.9. The Morgan fingerprint density at radius 1 is 0.964 bits per heavy atom. The molecule has 0 unspecified atom stereocenters. The summed E-state index contributed by atoms with van der Waals surface area (Å²) >= 11 is 3.32. The summed E-state index contributed by atoms with van der Waals surface area (Å²) in [6.07, 6.45) is 0. The van der Waals surface area contributed by atoms with Gasteiger partial charge in [-0.05, 0) is 53.6 Å². The van der Waals surface area contributed by atoms with Crippen LogP contribution in [0.3, 0.4) is 0 Å². The average Bonchev–Trinajstić information content (AvgIpc) is 2.69. The fourth-order valence-corrected chi connectivity index (χ4v) is 4.40. The molecule has 0 saturated heterocycles. The van der Waals surface area contributed by atoms with Crippen LogP contribution in [0, 0.1) is 5.82 Å². The van der Waals surface area contributed by atoms with E-state index < -0.39 is 9.84 Å².